The number of aliphatic carboxylic acids is 1. The summed E-state index contributed by atoms with van der Waals surface area (Å²) in [4.78, 5) is 25.3. The first-order valence-corrected chi connectivity index (χ1v) is 8.01. The van der Waals surface area contributed by atoms with E-state index in [0.29, 0.717) is 12.5 Å². The van der Waals surface area contributed by atoms with E-state index in [-0.39, 0.29) is 12.5 Å². The molecule has 1 aliphatic heterocycles. The molecule has 1 fully saturated rings. The van der Waals surface area contributed by atoms with Gasteiger partial charge in [-0.2, -0.15) is 0 Å². The third kappa shape index (κ3) is 5.77. The summed E-state index contributed by atoms with van der Waals surface area (Å²) in [6.45, 7) is 1.79. The molecule has 5 nitrogen and oxygen atoms in total. The monoisotopic (exact) mass is 308 g/mol. The van der Waals surface area contributed by atoms with E-state index in [1.807, 2.05) is 30.0 Å². The molecule has 0 aliphatic carbocycles. The number of likely N-dealkylation sites (tertiary alicyclic amines) is 1. The van der Waals surface area contributed by atoms with Crippen molar-refractivity contribution in [2.45, 2.75) is 11.3 Å². The van der Waals surface area contributed by atoms with Crippen molar-refractivity contribution >= 4 is 23.6 Å². The molecule has 1 heterocycles. The molecule has 6 heteroatoms. The zero-order chi connectivity index (χ0) is 15.1. The van der Waals surface area contributed by atoms with E-state index in [0.717, 1.165) is 25.3 Å². The molecule has 1 unspecified atom stereocenters. The van der Waals surface area contributed by atoms with Gasteiger partial charge in [-0.1, -0.05) is 18.2 Å². The maximum absolute atomic E-state index is 11.6. The number of rotatable bonds is 7. The third-order valence-corrected chi connectivity index (χ3v) is 4.65. The van der Waals surface area contributed by atoms with Crippen molar-refractivity contribution < 1.29 is 14.7 Å². The van der Waals surface area contributed by atoms with Crippen molar-refractivity contribution in [3.05, 3.63) is 30.3 Å². The molecule has 1 saturated heterocycles. The van der Waals surface area contributed by atoms with Crippen LogP contribution in [0.15, 0.2) is 35.2 Å². The summed E-state index contributed by atoms with van der Waals surface area (Å²) >= 11 is 1.85. The van der Waals surface area contributed by atoms with Gasteiger partial charge in [0.05, 0.1) is 6.54 Å². The molecule has 0 spiro atoms. The molecule has 1 atom stereocenters. The first-order chi connectivity index (χ1) is 10.1. The van der Waals surface area contributed by atoms with Gasteiger partial charge in [-0.3, -0.25) is 14.5 Å². The summed E-state index contributed by atoms with van der Waals surface area (Å²) in [5.41, 5.74) is 0. The minimum absolute atomic E-state index is 0.214. The van der Waals surface area contributed by atoms with Gasteiger partial charge in [-0.05, 0) is 31.0 Å². The summed E-state index contributed by atoms with van der Waals surface area (Å²) in [5, 5.41) is 10.9. The number of nitrogens with zero attached hydrogens (tertiary/aromatic N) is 1. The Balaban J connectivity index is 1.66. The molecular formula is C15H20N2O3S. The van der Waals surface area contributed by atoms with Crippen LogP contribution >= 0.6 is 11.8 Å². The average molecular weight is 308 g/mol. The van der Waals surface area contributed by atoms with Crippen LogP contribution in [0.4, 0.5) is 0 Å². The summed E-state index contributed by atoms with van der Waals surface area (Å²) in [5.74, 6) is 0.412. The topological polar surface area (TPSA) is 69.6 Å². The average Bonchev–Trinajstić information content (AvgIpc) is 2.91. The van der Waals surface area contributed by atoms with E-state index in [2.05, 4.69) is 22.3 Å². The number of hydrogen-bond donors (Lipinski definition) is 2. The lowest BCUT2D eigenvalue weighted by atomic mass is 10.2. The number of benzene rings is 1. The Morgan fingerprint density at radius 1 is 1.33 bits per heavy atom. The number of carbonyl (C=O) groups excluding carboxylic acids is 1. The number of carbonyl (C=O) groups is 2. The number of amides is 1. The first-order valence-electron chi connectivity index (χ1n) is 7.02. The summed E-state index contributed by atoms with van der Waals surface area (Å²) < 4.78 is 0. The third-order valence-electron chi connectivity index (χ3n) is 3.40. The number of thioether (sulfide) groups is 1. The highest BCUT2D eigenvalue weighted by Crippen LogP contribution is 2.25. The van der Waals surface area contributed by atoms with Gasteiger partial charge in [0.1, 0.15) is 6.54 Å². The molecule has 0 aromatic heterocycles. The Hall–Kier alpha value is -1.53. The Bertz CT molecular complexity index is 481. The van der Waals surface area contributed by atoms with Crippen LogP contribution in [-0.4, -0.2) is 53.8 Å². The lowest BCUT2D eigenvalue weighted by Gasteiger charge is -2.15. The molecule has 1 aromatic carbocycles. The van der Waals surface area contributed by atoms with Gasteiger partial charge in [0.25, 0.3) is 0 Å². The van der Waals surface area contributed by atoms with Gasteiger partial charge in [0.15, 0.2) is 0 Å². The zero-order valence-corrected chi connectivity index (χ0v) is 12.6. The summed E-state index contributed by atoms with van der Waals surface area (Å²) in [6.07, 6.45) is 1.09. The number of carboxylic acids is 1. The van der Waals surface area contributed by atoms with Crippen LogP contribution in [0.1, 0.15) is 6.42 Å². The fraction of sp³-hybridized carbons (Fsp3) is 0.467. The van der Waals surface area contributed by atoms with Crippen LogP contribution in [0.5, 0.6) is 0 Å². The van der Waals surface area contributed by atoms with Crippen LogP contribution in [0, 0.1) is 5.92 Å². The van der Waals surface area contributed by atoms with Gasteiger partial charge in [-0.15, -0.1) is 11.8 Å². The van der Waals surface area contributed by atoms with Crippen molar-refractivity contribution in [3.63, 3.8) is 0 Å². The standard InChI is InChI=1S/C15H20N2O3S/c18-14(16-8-15(19)20)10-17-7-6-12(9-17)11-21-13-4-2-1-3-5-13/h1-5,12H,6-11H2,(H,16,18)(H,19,20). The van der Waals surface area contributed by atoms with Crippen molar-refractivity contribution in [2.75, 3.05) is 31.9 Å². The highest BCUT2D eigenvalue weighted by atomic mass is 32.2. The molecule has 2 N–H and O–H groups in total. The van der Waals surface area contributed by atoms with Crippen LogP contribution in [0.25, 0.3) is 0 Å². The molecular weight excluding hydrogens is 288 g/mol. The van der Waals surface area contributed by atoms with E-state index in [1.54, 1.807) is 0 Å². The van der Waals surface area contributed by atoms with Crippen molar-refractivity contribution in [1.82, 2.24) is 10.2 Å². The Kier molecular flexibility index (Phi) is 6.07. The predicted molar refractivity (Wildman–Crippen MR) is 82.4 cm³/mol. The number of hydrogen-bond acceptors (Lipinski definition) is 4. The van der Waals surface area contributed by atoms with Crippen LogP contribution in [0.2, 0.25) is 0 Å². The number of carboxylic acid groups (broad SMARTS) is 1. The maximum Gasteiger partial charge on any atom is 0.322 e. The second-order valence-corrected chi connectivity index (χ2v) is 6.28. The second-order valence-electron chi connectivity index (χ2n) is 5.18. The van der Waals surface area contributed by atoms with E-state index >= 15 is 0 Å². The smallest absolute Gasteiger partial charge is 0.322 e. The highest BCUT2D eigenvalue weighted by Gasteiger charge is 2.24. The molecule has 1 aliphatic rings. The van der Waals surface area contributed by atoms with Crippen molar-refractivity contribution in [3.8, 4) is 0 Å². The number of nitrogens with one attached hydrogen (secondary N) is 1. The van der Waals surface area contributed by atoms with Crippen molar-refractivity contribution in [2.24, 2.45) is 5.92 Å². The molecule has 114 valence electrons. The molecule has 1 amide bonds. The largest absolute Gasteiger partial charge is 0.480 e. The SMILES string of the molecule is O=C(O)CNC(=O)CN1CCC(CSc2ccccc2)C1. The Morgan fingerprint density at radius 2 is 2.10 bits per heavy atom. The van der Waals surface area contributed by atoms with Crippen LogP contribution in [-0.2, 0) is 9.59 Å². The molecule has 0 bridgehead atoms. The predicted octanol–water partition coefficient (Wildman–Crippen LogP) is 1.30. The van der Waals surface area contributed by atoms with Crippen molar-refractivity contribution in [1.29, 1.82) is 0 Å². The van der Waals surface area contributed by atoms with Gasteiger partial charge in [0, 0.05) is 17.2 Å². The molecule has 0 saturated carbocycles. The second kappa shape index (κ2) is 8.05. The first kappa shape index (κ1) is 15.9. The van der Waals surface area contributed by atoms with E-state index in [1.165, 1.54) is 4.90 Å². The lowest BCUT2D eigenvalue weighted by molar-refractivity contribution is -0.138. The zero-order valence-electron chi connectivity index (χ0n) is 11.8. The summed E-state index contributed by atoms with van der Waals surface area (Å²) in [7, 11) is 0. The van der Waals surface area contributed by atoms with Gasteiger partial charge >= 0.3 is 5.97 Å². The molecule has 2 rings (SSSR count). The van der Waals surface area contributed by atoms with E-state index in [9.17, 15) is 9.59 Å². The van der Waals surface area contributed by atoms with Gasteiger partial charge in [-0.25, -0.2) is 0 Å². The van der Waals surface area contributed by atoms with Crippen LogP contribution < -0.4 is 5.32 Å². The Labute approximate surface area is 128 Å². The van der Waals surface area contributed by atoms with Gasteiger partial charge < -0.3 is 10.4 Å². The van der Waals surface area contributed by atoms with Crippen LogP contribution in [0.3, 0.4) is 0 Å². The molecule has 0 radical (unpaired) electrons. The quantitative estimate of drug-likeness (QED) is 0.743. The van der Waals surface area contributed by atoms with E-state index < -0.39 is 5.97 Å². The minimum Gasteiger partial charge on any atom is -0.480 e. The highest BCUT2D eigenvalue weighted by molar-refractivity contribution is 7.99. The summed E-state index contributed by atoms with van der Waals surface area (Å²) in [6, 6.07) is 10.3. The Morgan fingerprint density at radius 3 is 2.81 bits per heavy atom. The molecule has 1 aromatic rings. The fourth-order valence-electron chi connectivity index (χ4n) is 2.36. The normalized spacial score (nSPS) is 18.6. The maximum atomic E-state index is 11.6. The lowest BCUT2D eigenvalue weighted by Crippen LogP contribution is -2.38. The fourth-order valence-corrected chi connectivity index (χ4v) is 3.41. The van der Waals surface area contributed by atoms with E-state index in [4.69, 9.17) is 5.11 Å². The van der Waals surface area contributed by atoms with Gasteiger partial charge in [0.2, 0.25) is 5.91 Å². The minimum atomic E-state index is -1.01. The molecule has 21 heavy (non-hydrogen) atoms.